The number of rotatable bonds is 7. The van der Waals surface area contributed by atoms with Crippen LogP contribution in [-0.2, 0) is 11.4 Å². The number of alkyl halides is 2. The number of ether oxygens (including phenoxy) is 2. The molecular weight excluding hydrogens is 325 g/mol. The molecule has 5 nitrogen and oxygen atoms in total. The van der Waals surface area contributed by atoms with Gasteiger partial charge in [-0.05, 0) is 24.3 Å². The SMILES string of the molecule is COc1cc(C(N)=NOCc2ccccc2F)ccc1OC(F)F. The molecule has 0 aromatic heterocycles. The molecular formula is C16H15F3N2O3. The third kappa shape index (κ3) is 4.55. The molecule has 0 amide bonds. The zero-order chi connectivity index (χ0) is 17.5. The minimum Gasteiger partial charge on any atom is -0.493 e. The molecule has 128 valence electrons. The van der Waals surface area contributed by atoms with Gasteiger partial charge in [-0.1, -0.05) is 23.4 Å². The van der Waals surface area contributed by atoms with Crippen molar-refractivity contribution in [3.63, 3.8) is 0 Å². The number of oxime groups is 1. The average molecular weight is 340 g/mol. The summed E-state index contributed by atoms with van der Waals surface area (Å²) in [4.78, 5) is 5.02. The van der Waals surface area contributed by atoms with E-state index in [0.717, 1.165) is 0 Å². The lowest BCUT2D eigenvalue weighted by Gasteiger charge is -2.11. The number of methoxy groups -OCH3 is 1. The second-order valence-electron chi connectivity index (χ2n) is 4.59. The summed E-state index contributed by atoms with van der Waals surface area (Å²) in [6, 6.07) is 10.2. The highest BCUT2D eigenvalue weighted by molar-refractivity contribution is 5.97. The molecule has 24 heavy (non-hydrogen) atoms. The standard InChI is InChI=1S/C16H15F3N2O3/c1-22-14-8-10(6-7-13(14)24-16(18)19)15(20)21-23-9-11-4-2-3-5-12(11)17/h2-8,16H,9H2,1H3,(H2,20,21). The Balaban J connectivity index is 2.08. The lowest BCUT2D eigenvalue weighted by molar-refractivity contribution is -0.0512. The predicted octanol–water partition coefficient (Wildman–Crippen LogP) is 3.27. The smallest absolute Gasteiger partial charge is 0.387 e. The molecule has 0 radical (unpaired) electrons. The lowest BCUT2D eigenvalue weighted by Crippen LogP contribution is -2.14. The van der Waals surface area contributed by atoms with Crippen molar-refractivity contribution in [2.75, 3.05) is 7.11 Å². The first kappa shape index (κ1) is 17.5. The van der Waals surface area contributed by atoms with Crippen LogP contribution >= 0.6 is 0 Å². The van der Waals surface area contributed by atoms with Gasteiger partial charge in [0, 0.05) is 11.1 Å². The molecule has 2 aromatic carbocycles. The molecule has 0 atom stereocenters. The molecule has 0 saturated heterocycles. The second-order valence-corrected chi connectivity index (χ2v) is 4.59. The summed E-state index contributed by atoms with van der Waals surface area (Å²) in [7, 11) is 1.31. The molecule has 0 fully saturated rings. The number of nitrogens with two attached hydrogens (primary N) is 1. The zero-order valence-electron chi connectivity index (χ0n) is 12.7. The monoisotopic (exact) mass is 340 g/mol. The van der Waals surface area contributed by atoms with E-state index >= 15 is 0 Å². The van der Waals surface area contributed by atoms with Crippen molar-refractivity contribution in [1.82, 2.24) is 0 Å². The zero-order valence-corrected chi connectivity index (χ0v) is 12.7. The largest absolute Gasteiger partial charge is 0.493 e. The van der Waals surface area contributed by atoms with Crippen molar-refractivity contribution in [1.29, 1.82) is 0 Å². The van der Waals surface area contributed by atoms with Crippen molar-refractivity contribution >= 4 is 5.84 Å². The average Bonchev–Trinajstić information content (AvgIpc) is 2.56. The summed E-state index contributed by atoms with van der Waals surface area (Å²) in [5.74, 6) is -0.494. The van der Waals surface area contributed by atoms with E-state index in [1.165, 1.54) is 31.4 Å². The summed E-state index contributed by atoms with van der Waals surface area (Å²) in [6.07, 6.45) is 0. The predicted molar refractivity (Wildman–Crippen MR) is 81.5 cm³/mol. The van der Waals surface area contributed by atoms with E-state index < -0.39 is 12.4 Å². The Morgan fingerprint density at radius 1 is 1.17 bits per heavy atom. The third-order valence-electron chi connectivity index (χ3n) is 3.02. The van der Waals surface area contributed by atoms with Crippen LogP contribution in [0.5, 0.6) is 11.5 Å². The fourth-order valence-corrected chi connectivity index (χ4v) is 1.86. The summed E-state index contributed by atoms with van der Waals surface area (Å²) in [5.41, 5.74) is 6.46. The van der Waals surface area contributed by atoms with Gasteiger partial charge in [0.1, 0.15) is 12.4 Å². The fraction of sp³-hybridized carbons (Fsp3) is 0.188. The number of amidine groups is 1. The first-order chi connectivity index (χ1) is 11.5. The van der Waals surface area contributed by atoms with Crippen molar-refractivity contribution in [2.45, 2.75) is 13.2 Å². The number of benzene rings is 2. The summed E-state index contributed by atoms with van der Waals surface area (Å²) in [6.45, 7) is -3.07. The Kier molecular flexibility index (Phi) is 5.89. The molecule has 0 aliphatic carbocycles. The maximum Gasteiger partial charge on any atom is 0.387 e. The Bertz CT molecular complexity index is 723. The second kappa shape index (κ2) is 8.09. The normalized spacial score (nSPS) is 11.5. The van der Waals surface area contributed by atoms with Crippen LogP contribution in [0.2, 0.25) is 0 Å². The molecule has 0 saturated carbocycles. The molecule has 0 spiro atoms. The number of halogens is 3. The summed E-state index contributed by atoms with van der Waals surface area (Å²) in [5, 5.41) is 3.68. The van der Waals surface area contributed by atoms with Gasteiger partial charge in [-0.2, -0.15) is 8.78 Å². The summed E-state index contributed by atoms with van der Waals surface area (Å²) < 4.78 is 47.3. The van der Waals surface area contributed by atoms with Gasteiger partial charge in [-0.15, -0.1) is 0 Å². The van der Waals surface area contributed by atoms with E-state index in [0.29, 0.717) is 11.1 Å². The molecule has 2 aromatic rings. The maximum atomic E-state index is 13.4. The number of nitrogens with zero attached hydrogens (tertiary/aromatic N) is 1. The number of hydrogen-bond acceptors (Lipinski definition) is 4. The molecule has 0 bridgehead atoms. The fourth-order valence-electron chi connectivity index (χ4n) is 1.86. The van der Waals surface area contributed by atoms with Crippen LogP contribution in [0.4, 0.5) is 13.2 Å². The van der Waals surface area contributed by atoms with Gasteiger partial charge in [-0.25, -0.2) is 4.39 Å². The highest BCUT2D eigenvalue weighted by Gasteiger charge is 2.12. The van der Waals surface area contributed by atoms with E-state index in [1.54, 1.807) is 18.2 Å². The van der Waals surface area contributed by atoms with Crippen molar-refractivity contribution < 1.29 is 27.5 Å². The van der Waals surface area contributed by atoms with Gasteiger partial charge in [0.15, 0.2) is 17.3 Å². The first-order valence-electron chi connectivity index (χ1n) is 6.83. The molecule has 2 N–H and O–H groups in total. The van der Waals surface area contributed by atoms with Crippen LogP contribution in [0.1, 0.15) is 11.1 Å². The maximum absolute atomic E-state index is 13.4. The Labute approximate surface area is 136 Å². The van der Waals surface area contributed by atoms with Crippen LogP contribution in [0.15, 0.2) is 47.6 Å². The highest BCUT2D eigenvalue weighted by atomic mass is 19.3. The topological polar surface area (TPSA) is 66.1 Å². The van der Waals surface area contributed by atoms with Crippen molar-refractivity contribution in [2.24, 2.45) is 10.9 Å². The van der Waals surface area contributed by atoms with Crippen molar-refractivity contribution in [3.05, 3.63) is 59.4 Å². The van der Waals surface area contributed by atoms with Gasteiger partial charge < -0.3 is 20.0 Å². The molecule has 0 unspecified atom stereocenters. The minimum absolute atomic E-state index is 0.0202. The Morgan fingerprint density at radius 2 is 1.92 bits per heavy atom. The molecule has 2 rings (SSSR count). The molecule has 0 heterocycles. The van der Waals surface area contributed by atoms with Crippen LogP contribution in [-0.4, -0.2) is 19.6 Å². The van der Waals surface area contributed by atoms with E-state index in [1.807, 2.05) is 0 Å². The van der Waals surface area contributed by atoms with Crippen molar-refractivity contribution in [3.8, 4) is 11.5 Å². The molecule has 0 aliphatic heterocycles. The lowest BCUT2D eigenvalue weighted by atomic mass is 10.2. The van der Waals surface area contributed by atoms with Crippen LogP contribution in [0, 0.1) is 5.82 Å². The minimum atomic E-state index is -2.97. The van der Waals surface area contributed by atoms with E-state index in [-0.39, 0.29) is 23.9 Å². The van der Waals surface area contributed by atoms with E-state index in [4.69, 9.17) is 15.3 Å². The van der Waals surface area contributed by atoms with Gasteiger partial charge in [0.2, 0.25) is 0 Å². The Hall–Kier alpha value is -2.90. The van der Waals surface area contributed by atoms with E-state index in [2.05, 4.69) is 9.89 Å². The number of hydrogen-bond donors (Lipinski definition) is 1. The van der Waals surface area contributed by atoms with Crippen LogP contribution < -0.4 is 15.2 Å². The van der Waals surface area contributed by atoms with Gasteiger partial charge in [0.05, 0.1) is 7.11 Å². The van der Waals surface area contributed by atoms with Crippen LogP contribution in [0.25, 0.3) is 0 Å². The first-order valence-corrected chi connectivity index (χ1v) is 6.83. The quantitative estimate of drug-likeness (QED) is 0.477. The highest BCUT2D eigenvalue weighted by Crippen LogP contribution is 2.29. The van der Waals surface area contributed by atoms with Gasteiger partial charge in [-0.3, -0.25) is 0 Å². The van der Waals surface area contributed by atoms with Gasteiger partial charge >= 0.3 is 6.61 Å². The third-order valence-corrected chi connectivity index (χ3v) is 3.02. The Morgan fingerprint density at radius 3 is 2.58 bits per heavy atom. The summed E-state index contributed by atoms with van der Waals surface area (Å²) >= 11 is 0. The van der Waals surface area contributed by atoms with Crippen LogP contribution in [0.3, 0.4) is 0 Å². The van der Waals surface area contributed by atoms with E-state index in [9.17, 15) is 13.2 Å². The van der Waals surface area contributed by atoms with Gasteiger partial charge in [0.25, 0.3) is 0 Å². The molecule has 0 aliphatic rings. The molecule has 8 heteroatoms.